The van der Waals surface area contributed by atoms with Crippen LogP contribution in [0.25, 0.3) is 0 Å². The van der Waals surface area contributed by atoms with Crippen LogP contribution in [0.5, 0.6) is 11.5 Å². The normalized spacial score (nSPS) is 11.5. The monoisotopic (exact) mass is 488 g/mol. The van der Waals surface area contributed by atoms with E-state index in [0.717, 1.165) is 5.56 Å². The third kappa shape index (κ3) is 6.86. The molecular weight excluding hydrogens is 467 g/mol. The Morgan fingerprint density at radius 1 is 0.970 bits per heavy atom. The quantitative estimate of drug-likeness (QED) is 0.401. The van der Waals surface area contributed by atoms with E-state index in [9.17, 15) is 14.7 Å². The average Bonchev–Trinajstić information content (AvgIpc) is 2.82. The molecule has 0 spiro atoms. The molecule has 0 aliphatic heterocycles. The van der Waals surface area contributed by atoms with E-state index in [1.807, 2.05) is 0 Å². The number of nitrogens with one attached hydrogen (secondary N) is 1. The van der Waals surface area contributed by atoms with Crippen molar-refractivity contribution in [1.29, 1.82) is 0 Å². The number of aliphatic hydroxyl groups is 1. The van der Waals surface area contributed by atoms with Crippen molar-refractivity contribution >= 4 is 35.0 Å². The van der Waals surface area contributed by atoms with Crippen LogP contribution in [0.4, 0.5) is 0 Å². The molecule has 0 saturated heterocycles. The van der Waals surface area contributed by atoms with Crippen molar-refractivity contribution in [3.05, 3.63) is 93.5 Å². The summed E-state index contributed by atoms with van der Waals surface area (Å²) in [5.41, 5.74) is 6.76. The smallest absolute Gasteiger partial charge is 0.252 e. The third-order valence-corrected chi connectivity index (χ3v) is 5.38. The maximum Gasteiger partial charge on any atom is 0.252 e. The van der Waals surface area contributed by atoms with Crippen LogP contribution in [0.15, 0.2) is 66.7 Å². The molecule has 1 atom stereocenters. The number of amides is 2. The first kappa shape index (κ1) is 24.4. The fourth-order valence-corrected chi connectivity index (χ4v) is 3.26. The van der Waals surface area contributed by atoms with Gasteiger partial charge in [0, 0.05) is 12.1 Å². The number of carbonyl (C=O) groups excluding carboxylic acids is 2. The summed E-state index contributed by atoms with van der Waals surface area (Å²) in [6, 6.07) is 18.4. The molecule has 1 unspecified atom stereocenters. The molecule has 3 aromatic rings. The zero-order valence-electron chi connectivity index (χ0n) is 17.5. The van der Waals surface area contributed by atoms with Gasteiger partial charge in [0.05, 0.1) is 10.6 Å². The summed E-state index contributed by atoms with van der Waals surface area (Å²) in [5.74, 6) is -0.240. The van der Waals surface area contributed by atoms with E-state index >= 15 is 0 Å². The fourth-order valence-electron chi connectivity index (χ4n) is 2.91. The molecule has 0 saturated carbocycles. The molecule has 0 bridgehead atoms. The highest BCUT2D eigenvalue weighted by Gasteiger charge is 2.13. The Morgan fingerprint density at radius 2 is 1.70 bits per heavy atom. The van der Waals surface area contributed by atoms with Gasteiger partial charge >= 0.3 is 0 Å². The molecular formula is C24H22Cl2N2O5. The molecule has 0 radical (unpaired) electrons. The summed E-state index contributed by atoms with van der Waals surface area (Å²) in [7, 11) is 0. The van der Waals surface area contributed by atoms with Crippen molar-refractivity contribution < 1.29 is 24.2 Å². The Balaban J connectivity index is 1.52. The Morgan fingerprint density at radius 3 is 2.48 bits per heavy atom. The SMILES string of the molecule is NC(=O)c1ccccc1OCc1cccc(C(=O)NCC(O)COc2cccc(Cl)c2Cl)c1. The van der Waals surface area contributed by atoms with E-state index in [1.165, 1.54) is 0 Å². The summed E-state index contributed by atoms with van der Waals surface area (Å²) < 4.78 is 11.2. The fraction of sp³-hybridized carbons (Fsp3) is 0.167. The molecule has 3 aromatic carbocycles. The number of halogens is 2. The third-order valence-electron chi connectivity index (χ3n) is 4.58. The largest absolute Gasteiger partial charge is 0.489 e. The predicted molar refractivity (Wildman–Crippen MR) is 126 cm³/mol. The molecule has 3 rings (SSSR count). The number of ether oxygens (including phenoxy) is 2. The van der Waals surface area contributed by atoms with Gasteiger partial charge in [-0.05, 0) is 42.0 Å². The Hall–Kier alpha value is -3.26. The number of aliphatic hydroxyl groups excluding tert-OH is 1. The molecule has 33 heavy (non-hydrogen) atoms. The molecule has 0 fully saturated rings. The number of hydrogen-bond donors (Lipinski definition) is 3. The topological polar surface area (TPSA) is 111 Å². The molecule has 0 aromatic heterocycles. The number of benzene rings is 3. The standard InChI is InChI=1S/C24H22Cl2N2O5/c25-19-8-4-10-21(22(19)26)33-14-17(29)12-28-24(31)16-6-3-5-15(11-16)13-32-20-9-2-1-7-18(20)23(27)30/h1-11,17,29H,12-14H2,(H2,27,30)(H,28,31). The van der Waals surface area contributed by atoms with Crippen LogP contribution in [0.2, 0.25) is 10.0 Å². The summed E-state index contributed by atoms with van der Waals surface area (Å²) in [6.07, 6.45) is -0.958. The van der Waals surface area contributed by atoms with E-state index < -0.39 is 12.0 Å². The van der Waals surface area contributed by atoms with Crippen LogP contribution in [0.3, 0.4) is 0 Å². The maximum absolute atomic E-state index is 12.5. The van der Waals surface area contributed by atoms with Crippen molar-refractivity contribution in [2.45, 2.75) is 12.7 Å². The van der Waals surface area contributed by atoms with E-state index in [1.54, 1.807) is 66.7 Å². The molecule has 2 amide bonds. The van der Waals surface area contributed by atoms with E-state index in [4.69, 9.17) is 38.4 Å². The number of hydrogen-bond acceptors (Lipinski definition) is 5. The zero-order chi connectivity index (χ0) is 23.8. The number of para-hydroxylation sites is 1. The Kier molecular flexibility index (Phi) is 8.54. The summed E-state index contributed by atoms with van der Waals surface area (Å²) in [6.45, 7) is 0.0412. The van der Waals surface area contributed by atoms with Gasteiger partial charge in [-0.1, -0.05) is 53.5 Å². The van der Waals surface area contributed by atoms with Crippen LogP contribution in [0.1, 0.15) is 26.3 Å². The molecule has 0 aliphatic carbocycles. The minimum Gasteiger partial charge on any atom is -0.489 e. The minimum absolute atomic E-state index is 0.0241. The van der Waals surface area contributed by atoms with Gasteiger partial charge in [0.2, 0.25) is 0 Å². The van der Waals surface area contributed by atoms with Crippen LogP contribution >= 0.6 is 23.2 Å². The van der Waals surface area contributed by atoms with Gasteiger partial charge in [0.15, 0.2) is 0 Å². The van der Waals surface area contributed by atoms with E-state index in [2.05, 4.69) is 5.32 Å². The molecule has 4 N–H and O–H groups in total. The van der Waals surface area contributed by atoms with Crippen LogP contribution in [-0.2, 0) is 6.61 Å². The molecule has 9 heteroatoms. The Bertz CT molecular complexity index is 1140. The lowest BCUT2D eigenvalue weighted by atomic mass is 10.1. The van der Waals surface area contributed by atoms with Gasteiger partial charge in [-0.25, -0.2) is 0 Å². The van der Waals surface area contributed by atoms with Gasteiger partial charge < -0.3 is 25.6 Å². The first-order valence-corrected chi connectivity index (χ1v) is 10.7. The Labute approximate surface area is 201 Å². The lowest BCUT2D eigenvalue weighted by Crippen LogP contribution is -2.35. The highest BCUT2D eigenvalue weighted by atomic mass is 35.5. The summed E-state index contributed by atoms with van der Waals surface area (Å²) in [4.78, 5) is 24.0. The number of rotatable bonds is 10. The first-order valence-electron chi connectivity index (χ1n) is 9.99. The lowest BCUT2D eigenvalue weighted by molar-refractivity contribution is 0.0843. The summed E-state index contributed by atoms with van der Waals surface area (Å²) in [5, 5.41) is 13.4. The molecule has 0 aliphatic rings. The second-order valence-corrected chi connectivity index (χ2v) is 7.86. The molecule has 0 heterocycles. The van der Waals surface area contributed by atoms with E-state index in [0.29, 0.717) is 22.1 Å². The summed E-state index contributed by atoms with van der Waals surface area (Å²) >= 11 is 12.0. The van der Waals surface area contributed by atoms with Crippen molar-refractivity contribution in [1.82, 2.24) is 5.32 Å². The minimum atomic E-state index is -0.958. The van der Waals surface area contributed by atoms with Gasteiger partial charge in [-0.2, -0.15) is 0 Å². The van der Waals surface area contributed by atoms with Crippen LogP contribution < -0.4 is 20.5 Å². The van der Waals surface area contributed by atoms with Gasteiger partial charge in [0.25, 0.3) is 11.8 Å². The maximum atomic E-state index is 12.5. The van der Waals surface area contributed by atoms with Crippen LogP contribution in [-0.4, -0.2) is 36.2 Å². The number of primary amides is 1. The number of nitrogens with two attached hydrogens (primary N) is 1. The van der Waals surface area contributed by atoms with Gasteiger partial charge in [-0.15, -0.1) is 0 Å². The van der Waals surface area contributed by atoms with Crippen molar-refractivity contribution in [3.63, 3.8) is 0 Å². The first-order chi connectivity index (χ1) is 15.8. The van der Waals surface area contributed by atoms with Crippen molar-refractivity contribution in [2.75, 3.05) is 13.2 Å². The highest BCUT2D eigenvalue weighted by Crippen LogP contribution is 2.31. The lowest BCUT2D eigenvalue weighted by Gasteiger charge is -2.15. The second kappa shape index (κ2) is 11.6. The van der Waals surface area contributed by atoms with Crippen LogP contribution in [0, 0.1) is 0 Å². The van der Waals surface area contributed by atoms with Gasteiger partial charge in [-0.3, -0.25) is 9.59 Å². The highest BCUT2D eigenvalue weighted by molar-refractivity contribution is 6.42. The van der Waals surface area contributed by atoms with E-state index in [-0.39, 0.29) is 36.3 Å². The van der Waals surface area contributed by atoms with Crippen molar-refractivity contribution in [3.8, 4) is 11.5 Å². The zero-order valence-corrected chi connectivity index (χ0v) is 19.0. The molecule has 7 nitrogen and oxygen atoms in total. The predicted octanol–water partition coefficient (Wildman–Crippen LogP) is 3.84. The van der Waals surface area contributed by atoms with Crippen molar-refractivity contribution in [2.24, 2.45) is 5.73 Å². The number of carbonyl (C=O) groups is 2. The van der Waals surface area contributed by atoms with Gasteiger partial charge in [0.1, 0.15) is 35.8 Å². The second-order valence-electron chi connectivity index (χ2n) is 7.08. The average molecular weight is 489 g/mol. The molecule has 172 valence electrons.